The quantitative estimate of drug-likeness (QED) is 0.665. The maximum Gasteiger partial charge on any atom is 0.0451 e. The number of hydrogen-bond acceptors (Lipinski definition) is 0. The minimum Gasteiger partial charge on any atom is -0.261 e. The number of rotatable bonds is 5. The van der Waals surface area contributed by atoms with Gasteiger partial charge in [0, 0.05) is 17.5 Å². The van der Waals surface area contributed by atoms with Gasteiger partial charge in [0.05, 0.1) is 0 Å². The van der Waals surface area contributed by atoms with E-state index in [0.29, 0.717) is 0 Å². The van der Waals surface area contributed by atoms with E-state index in [0.717, 1.165) is 5.70 Å². The average Bonchev–Trinajstić information content (AvgIpc) is 2.76. The van der Waals surface area contributed by atoms with Crippen LogP contribution < -0.4 is 5.32 Å². The summed E-state index contributed by atoms with van der Waals surface area (Å²) in [5.41, 5.74) is 5.24. The second-order valence-corrected chi connectivity index (χ2v) is 4.56. The van der Waals surface area contributed by atoms with Crippen LogP contribution in [0.1, 0.15) is 44.2 Å². The van der Waals surface area contributed by atoms with E-state index in [1.807, 2.05) is 6.20 Å². The van der Waals surface area contributed by atoms with Crippen LogP contribution in [0.5, 0.6) is 0 Å². The van der Waals surface area contributed by atoms with Gasteiger partial charge in [0.15, 0.2) is 0 Å². The standard InChI is InChI=1S/C16H20N/c1-3-4-5-8-14-9-6-7-10-16(14)15-11-12-17-13(15)2/h6-7,9-12H,3-5,8H2,1-2H3. The van der Waals surface area contributed by atoms with Crippen molar-refractivity contribution in [3.8, 4) is 0 Å². The third-order valence-electron chi connectivity index (χ3n) is 3.26. The molecule has 0 aromatic heterocycles. The zero-order valence-corrected chi connectivity index (χ0v) is 10.7. The Bertz CT molecular complexity index is 441. The fourth-order valence-electron chi connectivity index (χ4n) is 2.26. The summed E-state index contributed by atoms with van der Waals surface area (Å²) in [7, 11) is 0. The molecule has 0 unspecified atom stereocenters. The molecule has 89 valence electrons. The van der Waals surface area contributed by atoms with Gasteiger partial charge in [-0.25, -0.2) is 0 Å². The zero-order valence-electron chi connectivity index (χ0n) is 10.7. The van der Waals surface area contributed by atoms with Gasteiger partial charge in [-0.2, -0.15) is 0 Å². The molecule has 0 aliphatic carbocycles. The van der Waals surface area contributed by atoms with Gasteiger partial charge < -0.3 is 0 Å². The van der Waals surface area contributed by atoms with Crippen LogP contribution in [0.4, 0.5) is 0 Å². The summed E-state index contributed by atoms with van der Waals surface area (Å²) >= 11 is 0. The molecule has 1 aliphatic rings. The van der Waals surface area contributed by atoms with Gasteiger partial charge in [-0.1, -0.05) is 44.0 Å². The maximum atomic E-state index is 4.33. The minimum atomic E-state index is 1.13. The fraction of sp³-hybridized carbons (Fsp3) is 0.375. The summed E-state index contributed by atoms with van der Waals surface area (Å²) in [5, 5.41) is 4.33. The van der Waals surface area contributed by atoms with E-state index < -0.39 is 0 Å². The summed E-state index contributed by atoms with van der Waals surface area (Å²) in [6, 6.07) is 8.71. The molecule has 0 N–H and O–H groups in total. The lowest BCUT2D eigenvalue weighted by Gasteiger charge is -2.10. The Morgan fingerprint density at radius 1 is 1.12 bits per heavy atom. The van der Waals surface area contributed by atoms with E-state index in [4.69, 9.17) is 0 Å². The van der Waals surface area contributed by atoms with Gasteiger partial charge in [0.25, 0.3) is 0 Å². The molecule has 0 fully saturated rings. The van der Waals surface area contributed by atoms with Crippen molar-refractivity contribution in [1.82, 2.24) is 5.32 Å². The van der Waals surface area contributed by atoms with E-state index in [1.165, 1.54) is 42.4 Å². The summed E-state index contributed by atoms with van der Waals surface area (Å²) in [6.07, 6.45) is 9.06. The molecule has 0 bridgehead atoms. The van der Waals surface area contributed by atoms with Crippen LogP contribution in [-0.2, 0) is 6.42 Å². The summed E-state index contributed by atoms with van der Waals surface area (Å²) < 4.78 is 0. The highest BCUT2D eigenvalue weighted by atomic mass is 14.9. The van der Waals surface area contributed by atoms with Crippen LogP contribution >= 0.6 is 0 Å². The predicted molar refractivity (Wildman–Crippen MR) is 73.5 cm³/mol. The van der Waals surface area contributed by atoms with E-state index in [9.17, 15) is 0 Å². The topological polar surface area (TPSA) is 14.1 Å². The molecule has 1 nitrogen and oxygen atoms in total. The van der Waals surface area contributed by atoms with E-state index in [2.05, 4.69) is 49.5 Å². The average molecular weight is 226 g/mol. The molecule has 0 spiro atoms. The van der Waals surface area contributed by atoms with Crippen LogP contribution in [0, 0.1) is 0 Å². The van der Waals surface area contributed by atoms with Gasteiger partial charge in [-0.3, -0.25) is 5.32 Å². The first-order valence-corrected chi connectivity index (χ1v) is 6.49. The van der Waals surface area contributed by atoms with Gasteiger partial charge >= 0.3 is 0 Å². The molecule has 1 aromatic rings. The Balaban J connectivity index is 2.22. The number of aryl methyl sites for hydroxylation is 1. The maximum absolute atomic E-state index is 4.33. The smallest absolute Gasteiger partial charge is 0.0451 e. The van der Waals surface area contributed by atoms with Crippen LogP contribution in [-0.4, -0.2) is 0 Å². The fourth-order valence-corrected chi connectivity index (χ4v) is 2.26. The van der Waals surface area contributed by atoms with Crippen molar-refractivity contribution in [2.75, 3.05) is 0 Å². The van der Waals surface area contributed by atoms with E-state index in [-0.39, 0.29) is 0 Å². The Morgan fingerprint density at radius 2 is 1.94 bits per heavy atom. The Morgan fingerprint density at radius 3 is 2.65 bits per heavy atom. The molecule has 0 saturated heterocycles. The second kappa shape index (κ2) is 5.72. The highest BCUT2D eigenvalue weighted by molar-refractivity contribution is 5.79. The van der Waals surface area contributed by atoms with Crippen LogP contribution in [0.3, 0.4) is 0 Å². The van der Waals surface area contributed by atoms with E-state index in [1.54, 1.807) is 0 Å². The Hall–Kier alpha value is -1.50. The first-order valence-electron chi connectivity index (χ1n) is 6.49. The molecule has 1 aliphatic heterocycles. The van der Waals surface area contributed by atoms with Gasteiger partial charge in [0.1, 0.15) is 0 Å². The minimum absolute atomic E-state index is 1.13. The van der Waals surface area contributed by atoms with Crippen LogP contribution in [0.15, 0.2) is 42.2 Å². The molecule has 1 aromatic carbocycles. The molecule has 0 saturated carbocycles. The highest BCUT2D eigenvalue weighted by Gasteiger charge is 2.11. The van der Waals surface area contributed by atoms with Gasteiger partial charge in [-0.05, 0) is 37.0 Å². The number of nitrogens with zero attached hydrogens (tertiary/aromatic N) is 1. The number of allylic oxidation sites excluding steroid dienone is 3. The number of hydrogen-bond donors (Lipinski definition) is 0. The van der Waals surface area contributed by atoms with Crippen molar-refractivity contribution in [1.29, 1.82) is 0 Å². The zero-order chi connectivity index (χ0) is 12.1. The summed E-state index contributed by atoms with van der Waals surface area (Å²) in [6.45, 7) is 4.33. The number of unbranched alkanes of at least 4 members (excludes halogenated alkanes) is 2. The molecule has 2 rings (SSSR count). The lowest BCUT2D eigenvalue weighted by atomic mass is 9.95. The Kier molecular flexibility index (Phi) is 4.03. The van der Waals surface area contributed by atoms with Crippen LogP contribution in [0.2, 0.25) is 0 Å². The van der Waals surface area contributed by atoms with Crippen molar-refractivity contribution in [2.45, 2.75) is 39.5 Å². The first kappa shape index (κ1) is 12.0. The van der Waals surface area contributed by atoms with Crippen molar-refractivity contribution >= 4 is 5.57 Å². The Labute approximate surface area is 104 Å². The normalized spacial score (nSPS) is 14.2. The van der Waals surface area contributed by atoms with Crippen molar-refractivity contribution in [2.24, 2.45) is 0 Å². The predicted octanol–water partition coefficient (Wildman–Crippen LogP) is 4.28. The third-order valence-corrected chi connectivity index (χ3v) is 3.26. The second-order valence-electron chi connectivity index (χ2n) is 4.56. The number of benzene rings is 1. The van der Waals surface area contributed by atoms with E-state index >= 15 is 0 Å². The molecule has 0 atom stereocenters. The largest absolute Gasteiger partial charge is 0.261 e. The molecule has 1 radical (unpaired) electrons. The lowest BCUT2D eigenvalue weighted by molar-refractivity contribution is 0.716. The van der Waals surface area contributed by atoms with Gasteiger partial charge in [0.2, 0.25) is 0 Å². The van der Waals surface area contributed by atoms with Gasteiger partial charge in [-0.15, -0.1) is 0 Å². The third kappa shape index (κ3) is 2.79. The van der Waals surface area contributed by atoms with Crippen molar-refractivity contribution in [3.05, 3.63) is 53.4 Å². The lowest BCUT2D eigenvalue weighted by Crippen LogP contribution is -1.95. The van der Waals surface area contributed by atoms with Crippen molar-refractivity contribution < 1.29 is 0 Å². The monoisotopic (exact) mass is 226 g/mol. The van der Waals surface area contributed by atoms with Crippen molar-refractivity contribution in [3.63, 3.8) is 0 Å². The first-order chi connectivity index (χ1) is 8.33. The molecular weight excluding hydrogens is 206 g/mol. The molecule has 0 amide bonds. The summed E-state index contributed by atoms with van der Waals surface area (Å²) in [5.74, 6) is 0. The highest BCUT2D eigenvalue weighted by Crippen LogP contribution is 2.27. The molecule has 17 heavy (non-hydrogen) atoms. The molecule has 1 heteroatoms. The molecular formula is C16H20N. The van der Waals surface area contributed by atoms with Crippen LogP contribution in [0.25, 0.3) is 5.57 Å². The SMILES string of the molecule is CCCCCc1ccccc1C1=C(C)[N]C=C1. The molecule has 1 heterocycles. The summed E-state index contributed by atoms with van der Waals surface area (Å²) in [4.78, 5) is 0.